The standard InChI is InChI=1S/C22H20ClN3O2S/c1-12-3-8-16(13(2)9-12)17-10-18(27)24-20-19(17)21(28)26-22(25-20)29-11-14-4-6-15(23)7-5-14/h3-9,17H,10-11H2,1-2H3,(H2,24,25,26,27,28)/t17-/m1/s1. The smallest absolute Gasteiger partial charge is 0.257 e. The molecule has 1 aromatic heterocycles. The summed E-state index contributed by atoms with van der Waals surface area (Å²) in [5.41, 5.74) is 4.58. The van der Waals surface area contributed by atoms with Crippen LogP contribution in [0.1, 0.15) is 40.2 Å². The Morgan fingerprint density at radius 2 is 1.90 bits per heavy atom. The lowest BCUT2D eigenvalue weighted by atomic mass is 9.84. The number of aromatic amines is 1. The first-order valence-corrected chi connectivity index (χ1v) is 10.7. The summed E-state index contributed by atoms with van der Waals surface area (Å²) in [5, 5.41) is 3.93. The Kier molecular flexibility index (Phi) is 5.48. The van der Waals surface area contributed by atoms with Crippen LogP contribution in [0.3, 0.4) is 0 Å². The lowest BCUT2D eigenvalue weighted by Gasteiger charge is -2.25. The first-order chi connectivity index (χ1) is 13.9. The van der Waals surface area contributed by atoms with Gasteiger partial charge in [0.1, 0.15) is 5.82 Å². The van der Waals surface area contributed by atoms with E-state index >= 15 is 0 Å². The fraction of sp³-hybridized carbons (Fsp3) is 0.227. The molecule has 0 unspecified atom stereocenters. The van der Waals surface area contributed by atoms with Crippen molar-refractivity contribution in [2.24, 2.45) is 0 Å². The fourth-order valence-corrected chi connectivity index (χ4v) is 4.58. The average Bonchev–Trinajstić information content (AvgIpc) is 2.66. The Morgan fingerprint density at radius 1 is 1.14 bits per heavy atom. The van der Waals surface area contributed by atoms with E-state index in [0.29, 0.717) is 27.3 Å². The molecule has 4 rings (SSSR count). The Labute approximate surface area is 177 Å². The maximum absolute atomic E-state index is 12.9. The number of anilines is 1. The van der Waals surface area contributed by atoms with Crippen LogP contribution in [0, 0.1) is 13.8 Å². The molecule has 0 saturated heterocycles. The predicted molar refractivity (Wildman–Crippen MR) is 117 cm³/mol. The molecule has 0 bridgehead atoms. The van der Waals surface area contributed by atoms with E-state index in [4.69, 9.17) is 11.6 Å². The molecule has 0 saturated carbocycles. The van der Waals surface area contributed by atoms with Crippen LogP contribution in [0.25, 0.3) is 0 Å². The van der Waals surface area contributed by atoms with E-state index in [0.717, 1.165) is 22.3 Å². The van der Waals surface area contributed by atoms with Gasteiger partial charge in [0, 0.05) is 23.1 Å². The molecule has 3 aromatic rings. The SMILES string of the molecule is Cc1ccc([C@H]2CC(=O)Nc3nc(SCc4ccc(Cl)cc4)[nH]c(=O)c32)c(C)c1. The molecule has 7 heteroatoms. The zero-order valence-electron chi connectivity index (χ0n) is 16.1. The summed E-state index contributed by atoms with van der Waals surface area (Å²) >= 11 is 7.33. The zero-order valence-corrected chi connectivity index (χ0v) is 17.7. The summed E-state index contributed by atoms with van der Waals surface area (Å²) in [4.78, 5) is 32.7. The largest absolute Gasteiger partial charge is 0.310 e. The summed E-state index contributed by atoms with van der Waals surface area (Å²) in [6.45, 7) is 4.03. The second-order valence-corrected chi connectivity index (χ2v) is 8.61. The molecule has 0 spiro atoms. The van der Waals surface area contributed by atoms with E-state index < -0.39 is 0 Å². The molecule has 5 nitrogen and oxygen atoms in total. The minimum atomic E-state index is -0.300. The Bertz CT molecular complexity index is 1140. The molecule has 1 aliphatic heterocycles. The zero-order chi connectivity index (χ0) is 20.5. The number of hydrogen-bond donors (Lipinski definition) is 2. The van der Waals surface area contributed by atoms with E-state index in [1.807, 2.05) is 50.2 Å². The molecule has 1 atom stereocenters. The summed E-state index contributed by atoms with van der Waals surface area (Å²) in [6.07, 6.45) is 0.235. The van der Waals surface area contributed by atoms with Crippen molar-refractivity contribution in [3.63, 3.8) is 0 Å². The maximum atomic E-state index is 12.9. The van der Waals surface area contributed by atoms with Crippen LogP contribution in [0.15, 0.2) is 52.4 Å². The minimum Gasteiger partial charge on any atom is -0.310 e. The van der Waals surface area contributed by atoms with Gasteiger partial charge < -0.3 is 10.3 Å². The molecule has 29 heavy (non-hydrogen) atoms. The van der Waals surface area contributed by atoms with Crippen LogP contribution in [0.5, 0.6) is 0 Å². The van der Waals surface area contributed by atoms with Crippen molar-refractivity contribution in [3.05, 3.63) is 85.7 Å². The third kappa shape index (κ3) is 4.23. The summed E-state index contributed by atoms with van der Waals surface area (Å²) in [5.74, 6) is 0.557. The molecular weight excluding hydrogens is 406 g/mol. The van der Waals surface area contributed by atoms with Gasteiger partial charge in [0.2, 0.25) is 5.91 Å². The van der Waals surface area contributed by atoms with Gasteiger partial charge in [-0.3, -0.25) is 9.59 Å². The van der Waals surface area contributed by atoms with Crippen LogP contribution in [0.4, 0.5) is 5.82 Å². The number of fused-ring (bicyclic) bond motifs is 1. The third-order valence-electron chi connectivity index (χ3n) is 5.02. The minimum absolute atomic E-state index is 0.130. The fourth-order valence-electron chi connectivity index (χ4n) is 3.63. The number of nitrogens with zero attached hydrogens (tertiary/aromatic N) is 1. The van der Waals surface area contributed by atoms with Gasteiger partial charge in [-0.25, -0.2) is 4.98 Å². The normalized spacial score (nSPS) is 15.7. The average molecular weight is 426 g/mol. The number of amides is 1. The number of H-pyrrole nitrogens is 1. The van der Waals surface area contributed by atoms with Crippen molar-refractivity contribution in [1.82, 2.24) is 9.97 Å². The summed E-state index contributed by atoms with van der Waals surface area (Å²) in [7, 11) is 0. The summed E-state index contributed by atoms with van der Waals surface area (Å²) in [6, 6.07) is 13.6. The predicted octanol–water partition coefficient (Wildman–Crippen LogP) is 4.81. The number of thioether (sulfide) groups is 1. The van der Waals surface area contributed by atoms with E-state index in [2.05, 4.69) is 21.4 Å². The number of carbonyl (C=O) groups excluding carboxylic acids is 1. The summed E-state index contributed by atoms with van der Waals surface area (Å²) < 4.78 is 0. The second kappa shape index (κ2) is 8.05. The van der Waals surface area contributed by atoms with E-state index in [1.165, 1.54) is 11.8 Å². The molecule has 148 valence electrons. The number of aryl methyl sites for hydroxylation is 2. The Hall–Kier alpha value is -2.57. The van der Waals surface area contributed by atoms with Crippen LogP contribution in [-0.4, -0.2) is 15.9 Å². The number of hydrogen-bond acceptors (Lipinski definition) is 4. The molecule has 2 heterocycles. The quantitative estimate of drug-likeness (QED) is 0.464. The highest BCUT2D eigenvalue weighted by atomic mass is 35.5. The molecule has 1 aliphatic rings. The van der Waals surface area contributed by atoms with Gasteiger partial charge in [-0.15, -0.1) is 0 Å². The van der Waals surface area contributed by atoms with Crippen molar-refractivity contribution in [3.8, 4) is 0 Å². The number of carbonyl (C=O) groups is 1. The van der Waals surface area contributed by atoms with E-state index in [-0.39, 0.29) is 23.8 Å². The van der Waals surface area contributed by atoms with Gasteiger partial charge >= 0.3 is 0 Å². The topological polar surface area (TPSA) is 74.8 Å². The monoisotopic (exact) mass is 425 g/mol. The van der Waals surface area contributed by atoms with Crippen molar-refractivity contribution < 1.29 is 4.79 Å². The Balaban J connectivity index is 1.66. The van der Waals surface area contributed by atoms with Gasteiger partial charge in [0.05, 0.1) is 5.56 Å². The number of rotatable bonds is 4. The van der Waals surface area contributed by atoms with Crippen LogP contribution in [-0.2, 0) is 10.5 Å². The Morgan fingerprint density at radius 3 is 2.62 bits per heavy atom. The lowest BCUT2D eigenvalue weighted by molar-refractivity contribution is -0.116. The highest BCUT2D eigenvalue weighted by Crippen LogP contribution is 2.36. The first kappa shape index (κ1) is 19.7. The van der Waals surface area contributed by atoms with Crippen molar-refractivity contribution in [2.75, 3.05) is 5.32 Å². The number of halogens is 1. The van der Waals surface area contributed by atoms with Crippen LogP contribution in [0.2, 0.25) is 5.02 Å². The number of nitrogens with one attached hydrogen (secondary N) is 2. The lowest BCUT2D eigenvalue weighted by Crippen LogP contribution is -2.31. The molecule has 1 amide bonds. The van der Waals surface area contributed by atoms with Gasteiger partial charge in [0.15, 0.2) is 5.16 Å². The highest BCUT2D eigenvalue weighted by Gasteiger charge is 2.31. The van der Waals surface area contributed by atoms with Crippen LogP contribution >= 0.6 is 23.4 Å². The van der Waals surface area contributed by atoms with Crippen molar-refractivity contribution >= 4 is 35.1 Å². The van der Waals surface area contributed by atoms with Gasteiger partial charge in [0.25, 0.3) is 5.56 Å². The van der Waals surface area contributed by atoms with E-state index in [9.17, 15) is 9.59 Å². The van der Waals surface area contributed by atoms with Crippen molar-refractivity contribution in [2.45, 2.75) is 37.1 Å². The molecule has 2 N–H and O–H groups in total. The van der Waals surface area contributed by atoms with Gasteiger partial charge in [-0.2, -0.15) is 0 Å². The maximum Gasteiger partial charge on any atom is 0.257 e. The molecule has 2 aromatic carbocycles. The van der Waals surface area contributed by atoms with Gasteiger partial charge in [-0.05, 0) is 42.7 Å². The molecule has 0 radical (unpaired) electrons. The first-order valence-electron chi connectivity index (χ1n) is 9.29. The number of aromatic nitrogens is 2. The number of benzene rings is 2. The third-order valence-corrected chi connectivity index (χ3v) is 6.22. The molecule has 0 fully saturated rings. The van der Waals surface area contributed by atoms with Crippen LogP contribution < -0.4 is 10.9 Å². The molecular formula is C22H20ClN3O2S. The van der Waals surface area contributed by atoms with Crippen molar-refractivity contribution in [1.29, 1.82) is 0 Å². The molecule has 0 aliphatic carbocycles. The van der Waals surface area contributed by atoms with Gasteiger partial charge in [-0.1, -0.05) is 59.3 Å². The highest BCUT2D eigenvalue weighted by molar-refractivity contribution is 7.98. The second-order valence-electron chi connectivity index (χ2n) is 7.21. The van der Waals surface area contributed by atoms with E-state index in [1.54, 1.807) is 0 Å².